The van der Waals surface area contributed by atoms with E-state index in [0.717, 1.165) is 6.42 Å². The maximum Gasteiger partial charge on any atom is 0.329 e. The maximum atomic E-state index is 11.8. The standard InChI is InChI=1S/C14H13Cl2NO3/c15-10-4-2-9(11(16)8-10)3-5-12(18)17-14(13(19)20)6-1-7-14/h2-5,8H,1,6-7H2,(H,17,18)(H,19,20)/b5-3+. The van der Waals surface area contributed by atoms with Crippen molar-refractivity contribution in [3.8, 4) is 0 Å². The monoisotopic (exact) mass is 313 g/mol. The van der Waals surface area contributed by atoms with Crippen molar-refractivity contribution in [2.45, 2.75) is 24.8 Å². The van der Waals surface area contributed by atoms with Crippen LogP contribution in [-0.4, -0.2) is 22.5 Å². The van der Waals surface area contributed by atoms with E-state index < -0.39 is 17.4 Å². The molecule has 0 unspecified atom stereocenters. The molecular weight excluding hydrogens is 301 g/mol. The SMILES string of the molecule is O=C(/C=C/c1ccc(Cl)cc1Cl)NC1(C(=O)O)CCC1. The molecule has 106 valence electrons. The molecule has 1 fully saturated rings. The lowest BCUT2D eigenvalue weighted by Gasteiger charge is -2.37. The number of nitrogens with one attached hydrogen (secondary N) is 1. The number of aliphatic carboxylic acids is 1. The van der Waals surface area contributed by atoms with Crippen LogP contribution in [0.5, 0.6) is 0 Å². The Bertz CT molecular complexity index is 580. The second-order valence-electron chi connectivity index (χ2n) is 4.73. The summed E-state index contributed by atoms with van der Waals surface area (Å²) in [5.74, 6) is -1.44. The third kappa shape index (κ3) is 3.14. The van der Waals surface area contributed by atoms with Crippen LogP contribution in [0.3, 0.4) is 0 Å². The molecule has 0 spiro atoms. The number of amides is 1. The number of carboxylic acid groups (broad SMARTS) is 1. The van der Waals surface area contributed by atoms with Crippen molar-refractivity contribution in [1.82, 2.24) is 5.32 Å². The van der Waals surface area contributed by atoms with Crippen LogP contribution in [0.4, 0.5) is 0 Å². The molecule has 0 bridgehead atoms. The lowest BCUT2D eigenvalue weighted by atomic mass is 9.77. The van der Waals surface area contributed by atoms with Crippen LogP contribution in [0.15, 0.2) is 24.3 Å². The van der Waals surface area contributed by atoms with Crippen LogP contribution < -0.4 is 5.32 Å². The van der Waals surface area contributed by atoms with Gasteiger partial charge in [-0.2, -0.15) is 0 Å². The zero-order valence-corrected chi connectivity index (χ0v) is 12.0. The van der Waals surface area contributed by atoms with E-state index in [1.54, 1.807) is 18.2 Å². The Morgan fingerprint density at radius 3 is 2.50 bits per heavy atom. The zero-order chi connectivity index (χ0) is 14.8. The Balaban J connectivity index is 2.04. The third-order valence-electron chi connectivity index (χ3n) is 3.36. The molecule has 1 amide bonds. The molecule has 1 aromatic rings. The van der Waals surface area contributed by atoms with Gasteiger partial charge < -0.3 is 10.4 Å². The molecule has 1 aliphatic rings. The fourth-order valence-electron chi connectivity index (χ4n) is 2.00. The van der Waals surface area contributed by atoms with E-state index in [4.69, 9.17) is 28.3 Å². The molecule has 20 heavy (non-hydrogen) atoms. The molecule has 0 radical (unpaired) electrons. The van der Waals surface area contributed by atoms with Crippen molar-refractivity contribution in [1.29, 1.82) is 0 Å². The van der Waals surface area contributed by atoms with Crippen LogP contribution in [0.1, 0.15) is 24.8 Å². The van der Waals surface area contributed by atoms with E-state index in [9.17, 15) is 9.59 Å². The molecule has 1 aromatic carbocycles. The molecule has 1 saturated carbocycles. The first-order valence-corrected chi connectivity index (χ1v) is 6.87. The Hall–Kier alpha value is -1.52. The average molecular weight is 314 g/mol. The first kappa shape index (κ1) is 14.9. The van der Waals surface area contributed by atoms with E-state index in [2.05, 4.69) is 5.32 Å². The Labute approximate surface area is 126 Å². The maximum absolute atomic E-state index is 11.8. The summed E-state index contributed by atoms with van der Waals surface area (Å²) >= 11 is 11.7. The van der Waals surface area contributed by atoms with Gasteiger partial charge in [-0.1, -0.05) is 29.3 Å². The molecule has 0 aliphatic heterocycles. The fourth-order valence-corrected chi connectivity index (χ4v) is 2.47. The van der Waals surface area contributed by atoms with Crippen LogP contribution in [0.25, 0.3) is 6.08 Å². The van der Waals surface area contributed by atoms with Crippen molar-refractivity contribution >= 4 is 41.2 Å². The fraction of sp³-hybridized carbons (Fsp3) is 0.286. The summed E-state index contributed by atoms with van der Waals surface area (Å²) in [6.07, 6.45) is 4.53. The number of hydrogen-bond acceptors (Lipinski definition) is 2. The van der Waals surface area contributed by atoms with Gasteiger partial charge in [0.25, 0.3) is 0 Å². The minimum absolute atomic E-state index is 0.429. The van der Waals surface area contributed by atoms with Gasteiger partial charge >= 0.3 is 5.97 Å². The van der Waals surface area contributed by atoms with Gasteiger partial charge in [-0.05, 0) is 43.0 Å². The molecule has 4 nitrogen and oxygen atoms in total. The Morgan fingerprint density at radius 2 is 2.00 bits per heavy atom. The van der Waals surface area contributed by atoms with Gasteiger partial charge in [0.2, 0.25) is 5.91 Å². The van der Waals surface area contributed by atoms with Crippen molar-refractivity contribution in [3.05, 3.63) is 39.9 Å². The minimum Gasteiger partial charge on any atom is -0.480 e. The largest absolute Gasteiger partial charge is 0.480 e. The summed E-state index contributed by atoms with van der Waals surface area (Å²) in [6, 6.07) is 4.92. The summed E-state index contributed by atoms with van der Waals surface area (Å²) in [6.45, 7) is 0. The molecule has 0 saturated heterocycles. The lowest BCUT2D eigenvalue weighted by molar-refractivity contribution is -0.151. The highest BCUT2D eigenvalue weighted by Gasteiger charge is 2.45. The molecular formula is C14H13Cl2NO3. The van der Waals surface area contributed by atoms with E-state index >= 15 is 0 Å². The summed E-state index contributed by atoms with van der Waals surface area (Å²) < 4.78 is 0. The molecule has 6 heteroatoms. The second-order valence-corrected chi connectivity index (χ2v) is 5.57. The normalized spacial score (nSPS) is 16.7. The molecule has 0 heterocycles. The van der Waals surface area contributed by atoms with Gasteiger partial charge in [-0.25, -0.2) is 4.79 Å². The molecule has 1 aliphatic carbocycles. The number of carbonyl (C=O) groups is 2. The van der Waals surface area contributed by atoms with Gasteiger partial charge in [-0.15, -0.1) is 0 Å². The van der Waals surface area contributed by atoms with Crippen LogP contribution in [0, 0.1) is 0 Å². The number of halogens is 2. The molecule has 0 aromatic heterocycles. The van der Waals surface area contributed by atoms with Crippen LogP contribution >= 0.6 is 23.2 Å². The summed E-state index contributed by atoms with van der Waals surface area (Å²) in [5.41, 5.74) is -0.463. The predicted octanol–water partition coefficient (Wildman–Crippen LogP) is 3.13. The summed E-state index contributed by atoms with van der Waals surface area (Å²) in [7, 11) is 0. The van der Waals surface area contributed by atoms with Gasteiger partial charge in [0, 0.05) is 16.1 Å². The summed E-state index contributed by atoms with van der Waals surface area (Å²) in [5, 5.41) is 12.6. The topological polar surface area (TPSA) is 66.4 Å². The minimum atomic E-state index is -1.11. The third-order valence-corrected chi connectivity index (χ3v) is 3.92. The molecule has 0 atom stereocenters. The number of benzene rings is 1. The van der Waals surface area contributed by atoms with E-state index in [1.807, 2.05) is 0 Å². The van der Waals surface area contributed by atoms with Crippen LogP contribution in [-0.2, 0) is 9.59 Å². The average Bonchev–Trinajstić information content (AvgIpc) is 2.32. The van der Waals surface area contributed by atoms with Crippen LogP contribution in [0.2, 0.25) is 10.0 Å². The second kappa shape index (κ2) is 5.85. The predicted molar refractivity (Wildman–Crippen MR) is 77.9 cm³/mol. The first-order chi connectivity index (χ1) is 9.43. The van der Waals surface area contributed by atoms with Crippen molar-refractivity contribution in [3.63, 3.8) is 0 Å². The van der Waals surface area contributed by atoms with Crippen molar-refractivity contribution in [2.24, 2.45) is 0 Å². The first-order valence-electron chi connectivity index (χ1n) is 6.12. The lowest BCUT2D eigenvalue weighted by Crippen LogP contribution is -2.58. The van der Waals surface area contributed by atoms with E-state index in [1.165, 1.54) is 12.2 Å². The van der Waals surface area contributed by atoms with Crippen molar-refractivity contribution in [2.75, 3.05) is 0 Å². The smallest absolute Gasteiger partial charge is 0.329 e. The van der Waals surface area contributed by atoms with E-state index in [-0.39, 0.29) is 0 Å². The molecule has 2 rings (SSSR count). The molecule has 2 N–H and O–H groups in total. The Morgan fingerprint density at radius 1 is 1.30 bits per heavy atom. The number of carbonyl (C=O) groups excluding carboxylic acids is 1. The van der Waals surface area contributed by atoms with Crippen molar-refractivity contribution < 1.29 is 14.7 Å². The van der Waals surface area contributed by atoms with Gasteiger partial charge in [-0.3, -0.25) is 4.79 Å². The Kier molecular flexibility index (Phi) is 4.35. The zero-order valence-electron chi connectivity index (χ0n) is 10.5. The van der Waals surface area contributed by atoms with E-state index in [0.29, 0.717) is 28.5 Å². The highest BCUT2D eigenvalue weighted by Crippen LogP contribution is 2.32. The van der Waals surface area contributed by atoms with Gasteiger partial charge in [0.15, 0.2) is 0 Å². The van der Waals surface area contributed by atoms with Gasteiger partial charge in [0.1, 0.15) is 5.54 Å². The van der Waals surface area contributed by atoms with Gasteiger partial charge in [0.05, 0.1) is 0 Å². The number of rotatable bonds is 4. The highest BCUT2D eigenvalue weighted by molar-refractivity contribution is 6.35. The highest BCUT2D eigenvalue weighted by atomic mass is 35.5. The number of hydrogen-bond donors (Lipinski definition) is 2. The number of carboxylic acids is 1. The quantitative estimate of drug-likeness (QED) is 0.839. The summed E-state index contributed by atoms with van der Waals surface area (Å²) in [4.78, 5) is 22.9.